The number of carbonyl (C=O) groups excluding carboxylic acids is 2. The minimum Gasteiger partial charge on any atom is -0.467 e. The van der Waals surface area contributed by atoms with E-state index in [0.717, 1.165) is 6.08 Å². The van der Waals surface area contributed by atoms with Crippen molar-refractivity contribution in [3.63, 3.8) is 0 Å². The zero-order chi connectivity index (χ0) is 18.2. The number of furan rings is 1. The molecule has 0 aliphatic heterocycles. The molecule has 0 radical (unpaired) electrons. The highest BCUT2D eigenvalue weighted by Gasteiger charge is 2.16. The summed E-state index contributed by atoms with van der Waals surface area (Å²) in [6.45, 7) is 1.65. The van der Waals surface area contributed by atoms with Crippen LogP contribution in [-0.2, 0) is 20.9 Å². The Balaban J connectivity index is 1.81. The molecule has 0 unspecified atom stereocenters. The number of rotatable bonds is 7. The number of nitrogens with zero attached hydrogens (tertiary/aromatic N) is 1. The molecule has 130 valence electrons. The molecule has 0 saturated heterocycles. The fourth-order valence-corrected chi connectivity index (χ4v) is 1.87. The predicted octanol–water partition coefficient (Wildman–Crippen LogP) is 2.45. The fraction of sp³-hybridized carbons (Fsp3) is 0.176. The van der Waals surface area contributed by atoms with Crippen molar-refractivity contribution in [2.45, 2.75) is 19.6 Å². The highest BCUT2D eigenvalue weighted by Crippen LogP contribution is 2.13. The second kappa shape index (κ2) is 8.44. The lowest BCUT2D eigenvalue weighted by Crippen LogP contribution is -2.35. The van der Waals surface area contributed by atoms with Crippen LogP contribution in [0.1, 0.15) is 18.2 Å². The van der Waals surface area contributed by atoms with Gasteiger partial charge in [-0.1, -0.05) is 0 Å². The molecule has 0 aliphatic carbocycles. The SMILES string of the molecule is C[C@H](OC(=O)/C=C/c1ccc([N+](=O)[O-])cc1)C(=O)NCc1ccco1. The molecular formula is C17H16N2O6. The monoisotopic (exact) mass is 344 g/mol. The Labute approximate surface area is 143 Å². The van der Waals surface area contributed by atoms with E-state index in [2.05, 4.69) is 5.32 Å². The van der Waals surface area contributed by atoms with Crippen LogP contribution in [0.15, 0.2) is 53.2 Å². The molecule has 1 heterocycles. The third-order valence-corrected chi connectivity index (χ3v) is 3.19. The molecule has 0 spiro atoms. The first-order valence-electron chi connectivity index (χ1n) is 7.39. The molecule has 0 fully saturated rings. The Bertz CT molecular complexity index is 765. The van der Waals surface area contributed by atoms with Crippen molar-refractivity contribution in [3.05, 3.63) is 70.2 Å². The quantitative estimate of drug-likeness (QED) is 0.357. The van der Waals surface area contributed by atoms with E-state index in [1.165, 1.54) is 43.5 Å². The van der Waals surface area contributed by atoms with Crippen LogP contribution in [0.3, 0.4) is 0 Å². The highest BCUT2D eigenvalue weighted by molar-refractivity contribution is 5.90. The third kappa shape index (κ3) is 5.61. The smallest absolute Gasteiger partial charge is 0.331 e. The first kappa shape index (κ1) is 17.9. The number of non-ortho nitro benzene ring substituents is 1. The van der Waals surface area contributed by atoms with Crippen molar-refractivity contribution in [2.75, 3.05) is 0 Å². The van der Waals surface area contributed by atoms with Gasteiger partial charge in [-0.3, -0.25) is 14.9 Å². The first-order valence-corrected chi connectivity index (χ1v) is 7.39. The Morgan fingerprint density at radius 3 is 2.64 bits per heavy atom. The molecule has 1 N–H and O–H groups in total. The van der Waals surface area contributed by atoms with Crippen molar-refractivity contribution in [3.8, 4) is 0 Å². The minimum atomic E-state index is -0.969. The number of nitro groups is 1. The highest BCUT2D eigenvalue weighted by atomic mass is 16.6. The summed E-state index contributed by atoms with van der Waals surface area (Å²) in [5, 5.41) is 13.1. The number of amides is 1. The second-order valence-corrected chi connectivity index (χ2v) is 5.06. The van der Waals surface area contributed by atoms with Crippen molar-refractivity contribution in [1.29, 1.82) is 0 Å². The van der Waals surface area contributed by atoms with Gasteiger partial charge in [-0.25, -0.2) is 4.79 Å². The molecule has 0 aliphatic rings. The number of carbonyl (C=O) groups is 2. The number of hydrogen-bond donors (Lipinski definition) is 1. The maximum Gasteiger partial charge on any atom is 0.331 e. The number of nitro benzene ring substituents is 1. The summed E-state index contributed by atoms with van der Waals surface area (Å²) in [5.41, 5.74) is 0.555. The summed E-state index contributed by atoms with van der Waals surface area (Å²) in [4.78, 5) is 33.6. The van der Waals surface area contributed by atoms with Gasteiger partial charge >= 0.3 is 5.97 Å². The summed E-state index contributed by atoms with van der Waals surface area (Å²) < 4.78 is 10.1. The number of ether oxygens (including phenoxy) is 1. The van der Waals surface area contributed by atoms with Gasteiger partial charge in [-0.15, -0.1) is 0 Å². The second-order valence-electron chi connectivity index (χ2n) is 5.06. The van der Waals surface area contributed by atoms with E-state index >= 15 is 0 Å². The Morgan fingerprint density at radius 1 is 1.32 bits per heavy atom. The van der Waals surface area contributed by atoms with Crippen molar-refractivity contribution in [2.24, 2.45) is 0 Å². The van der Waals surface area contributed by atoms with E-state index < -0.39 is 22.9 Å². The Morgan fingerprint density at radius 2 is 2.04 bits per heavy atom. The predicted molar refractivity (Wildman–Crippen MR) is 88.2 cm³/mol. The summed E-state index contributed by atoms with van der Waals surface area (Å²) in [6.07, 6.45) is 3.12. The van der Waals surface area contributed by atoms with Gasteiger partial charge in [0.2, 0.25) is 0 Å². The maximum atomic E-state index is 11.8. The molecule has 0 bridgehead atoms. The molecule has 2 aromatic rings. The lowest BCUT2D eigenvalue weighted by Gasteiger charge is -2.11. The van der Waals surface area contributed by atoms with E-state index in [9.17, 15) is 19.7 Å². The van der Waals surface area contributed by atoms with E-state index in [-0.39, 0.29) is 12.2 Å². The summed E-state index contributed by atoms with van der Waals surface area (Å²) in [5.74, 6) is -0.558. The van der Waals surface area contributed by atoms with Crippen LogP contribution in [0.2, 0.25) is 0 Å². The van der Waals surface area contributed by atoms with E-state index in [0.29, 0.717) is 11.3 Å². The van der Waals surface area contributed by atoms with Crippen LogP contribution >= 0.6 is 0 Å². The largest absolute Gasteiger partial charge is 0.467 e. The van der Waals surface area contributed by atoms with Gasteiger partial charge < -0.3 is 14.5 Å². The maximum absolute atomic E-state index is 11.8. The third-order valence-electron chi connectivity index (χ3n) is 3.19. The van der Waals surface area contributed by atoms with Gasteiger partial charge in [-0.2, -0.15) is 0 Å². The Hall–Kier alpha value is -3.42. The molecule has 25 heavy (non-hydrogen) atoms. The number of esters is 1. The van der Waals surface area contributed by atoms with Gasteiger partial charge in [0.15, 0.2) is 6.10 Å². The Kier molecular flexibility index (Phi) is 6.05. The van der Waals surface area contributed by atoms with Crippen LogP contribution in [0.25, 0.3) is 6.08 Å². The molecule has 8 heteroatoms. The molecular weight excluding hydrogens is 328 g/mol. The molecule has 1 aromatic carbocycles. The number of benzene rings is 1. The molecule has 1 atom stereocenters. The average molecular weight is 344 g/mol. The molecule has 1 amide bonds. The van der Waals surface area contributed by atoms with Crippen molar-refractivity contribution in [1.82, 2.24) is 5.32 Å². The normalized spacial score (nSPS) is 11.9. The van der Waals surface area contributed by atoms with Crippen LogP contribution in [-0.4, -0.2) is 22.9 Å². The van der Waals surface area contributed by atoms with E-state index in [1.807, 2.05) is 0 Å². The molecule has 0 saturated carbocycles. The van der Waals surface area contributed by atoms with E-state index in [4.69, 9.17) is 9.15 Å². The van der Waals surface area contributed by atoms with Crippen molar-refractivity contribution >= 4 is 23.6 Å². The van der Waals surface area contributed by atoms with Gasteiger partial charge in [0.05, 0.1) is 17.7 Å². The minimum absolute atomic E-state index is 0.0402. The van der Waals surface area contributed by atoms with Crippen LogP contribution in [0, 0.1) is 10.1 Å². The van der Waals surface area contributed by atoms with Gasteiger partial charge in [-0.05, 0) is 42.8 Å². The lowest BCUT2D eigenvalue weighted by molar-refractivity contribution is -0.384. The summed E-state index contributed by atoms with van der Waals surface area (Å²) >= 11 is 0. The zero-order valence-corrected chi connectivity index (χ0v) is 13.4. The van der Waals surface area contributed by atoms with Crippen LogP contribution in [0.5, 0.6) is 0 Å². The fourth-order valence-electron chi connectivity index (χ4n) is 1.87. The number of hydrogen-bond acceptors (Lipinski definition) is 6. The molecule has 2 rings (SSSR count). The van der Waals surface area contributed by atoms with E-state index in [1.54, 1.807) is 12.1 Å². The number of nitrogens with one attached hydrogen (secondary N) is 1. The summed E-state index contributed by atoms with van der Waals surface area (Å²) in [7, 11) is 0. The lowest BCUT2D eigenvalue weighted by atomic mass is 10.2. The first-order chi connectivity index (χ1) is 12.0. The molecule has 1 aromatic heterocycles. The standard InChI is InChI=1S/C17H16N2O6/c1-12(17(21)18-11-15-3-2-10-24-15)25-16(20)9-6-13-4-7-14(8-5-13)19(22)23/h2-10,12H,11H2,1H3,(H,18,21)/b9-6+/t12-/m0/s1. The van der Waals surface area contributed by atoms with Crippen LogP contribution in [0.4, 0.5) is 5.69 Å². The molecule has 8 nitrogen and oxygen atoms in total. The summed E-state index contributed by atoms with van der Waals surface area (Å²) in [6, 6.07) is 9.08. The van der Waals surface area contributed by atoms with Crippen LogP contribution < -0.4 is 5.32 Å². The zero-order valence-electron chi connectivity index (χ0n) is 13.4. The van der Waals surface area contributed by atoms with Gasteiger partial charge in [0, 0.05) is 18.2 Å². The van der Waals surface area contributed by atoms with Gasteiger partial charge in [0.1, 0.15) is 5.76 Å². The van der Waals surface area contributed by atoms with Crippen molar-refractivity contribution < 1.29 is 23.7 Å². The average Bonchev–Trinajstić information content (AvgIpc) is 3.11. The topological polar surface area (TPSA) is 112 Å². The van der Waals surface area contributed by atoms with Gasteiger partial charge in [0.25, 0.3) is 11.6 Å².